The molecule has 38 heteroatoms. The Hall–Kier alpha value is -9.66. The first-order valence-corrected chi connectivity index (χ1v) is 39.0. The van der Waals surface area contributed by atoms with Crippen LogP contribution in [0.1, 0.15) is 130 Å². The number of carboxylic acids is 1. The van der Waals surface area contributed by atoms with Crippen molar-refractivity contribution < 1.29 is 87.2 Å². The molecule has 4 fully saturated rings. The summed E-state index contributed by atoms with van der Waals surface area (Å²) in [5.74, 6) is -16.8. The molecule has 16 atom stereocenters. The van der Waals surface area contributed by atoms with Gasteiger partial charge in [0.05, 0.1) is 25.7 Å². The molecular weight excluding hydrogens is 1480 g/mol. The number of carboxylic acid groups (broad SMARTS) is 1. The Morgan fingerprint density at radius 2 is 0.955 bits per heavy atom. The molecule has 0 unspecified atom stereocenters. The number of fused-ring (bicyclic) bond motifs is 3. The number of hydrogen-bond acceptors (Lipinski definition) is 21. The monoisotopic (exact) mass is 1590 g/mol. The molecule has 2 aromatic rings. The van der Waals surface area contributed by atoms with Crippen LogP contribution in [0.15, 0.2) is 59.6 Å². The van der Waals surface area contributed by atoms with Gasteiger partial charge < -0.3 is 106 Å². The summed E-state index contributed by atoms with van der Waals surface area (Å²) in [7, 11) is 0. The summed E-state index contributed by atoms with van der Waals surface area (Å²) in [6, 6.07) is -2.89. The van der Waals surface area contributed by atoms with Gasteiger partial charge in [0.25, 0.3) is 0 Å². The zero-order chi connectivity index (χ0) is 81.8. The molecule has 2 aromatic carbocycles. The van der Waals surface area contributed by atoms with Gasteiger partial charge in [-0.2, -0.15) is 25.3 Å². The number of unbranched alkanes of at least 4 members (excludes halogenated alkanes) is 1. The van der Waals surface area contributed by atoms with E-state index >= 15 is 4.79 Å². The second kappa shape index (κ2) is 44.4. The van der Waals surface area contributed by atoms with Crippen molar-refractivity contribution in [3.05, 3.63) is 60.2 Å². The fourth-order valence-corrected chi connectivity index (χ4v) is 14.1. The molecule has 14 amide bonds. The lowest BCUT2D eigenvalue weighted by Gasteiger charge is -2.35. The van der Waals surface area contributed by atoms with Gasteiger partial charge in [0.2, 0.25) is 82.7 Å². The van der Waals surface area contributed by atoms with E-state index in [4.69, 9.17) is 17.2 Å². The van der Waals surface area contributed by atoms with Gasteiger partial charge >= 0.3 is 5.97 Å². The van der Waals surface area contributed by atoms with Crippen LogP contribution in [0.5, 0.6) is 0 Å². The molecule has 0 aliphatic carbocycles. The summed E-state index contributed by atoms with van der Waals surface area (Å²) < 4.78 is 0. The molecule has 4 saturated heterocycles. The van der Waals surface area contributed by atoms with Crippen LogP contribution in [-0.2, 0) is 78.3 Å². The molecule has 6 rings (SSSR count). The lowest BCUT2D eigenvalue weighted by molar-refractivity contribution is -0.149. The van der Waals surface area contributed by atoms with Crippen molar-refractivity contribution >= 4 is 120 Å². The zero-order valence-corrected chi connectivity index (χ0v) is 65.1. The number of aliphatic carboxylic acids is 1. The lowest BCUT2D eigenvalue weighted by Crippen LogP contribution is -2.63. The van der Waals surface area contributed by atoms with E-state index < -0.39 is 210 Å². The van der Waals surface area contributed by atoms with E-state index in [0.29, 0.717) is 37.7 Å². The number of aliphatic imine (C=N–C) groups is 1. The molecule has 0 spiro atoms. The minimum atomic E-state index is -1.88. The second-order valence-electron chi connectivity index (χ2n) is 28.4. The highest BCUT2D eigenvalue weighted by atomic mass is 32.1. The SMILES string of the molecule is CC[C@H](C)[C@@H]1NC(=O)[C@@H]2CCCN2C(=O)[C@@H]2CCCN2C(=O)[C@H]([C@@H](C)CC)NC(=O)[C@H](CO)NC(=O)[C@H](CCCCN)NC(=O)[C@H]([C@@H](C)O)NC(=O)[C@H](CS)NC(=O)[C@H](CCCN=C(N)N)NC(=O)CNC(=O)[C@H](CC(=O)O)NC(=O)[C@@H]2CCCN2C(=O)[C@H](Cc2ccc(-c3ccccc3)cc2)NC(=O)[C@H](CS)NC1=O. The molecule has 20 N–H and O–H groups in total. The van der Waals surface area contributed by atoms with Crippen molar-refractivity contribution in [2.45, 2.75) is 216 Å². The number of guanidine groups is 1. The maximum absolute atomic E-state index is 15.1. The highest BCUT2D eigenvalue weighted by molar-refractivity contribution is 7.80. The molecular formula is C73H110N18O18S2. The van der Waals surface area contributed by atoms with E-state index in [-0.39, 0.29) is 102 Å². The molecule has 111 heavy (non-hydrogen) atoms. The fourth-order valence-electron chi connectivity index (χ4n) is 13.6. The predicted molar refractivity (Wildman–Crippen MR) is 413 cm³/mol. The number of nitrogens with zero attached hydrogens (tertiary/aromatic N) is 4. The van der Waals surface area contributed by atoms with E-state index in [9.17, 15) is 82.4 Å². The second-order valence-corrected chi connectivity index (χ2v) is 29.1. The number of nitrogens with one attached hydrogen (secondary N) is 11. The van der Waals surface area contributed by atoms with Gasteiger partial charge in [0.1, 0.15) is 78.5 Å². The van der Waals surface area contributed by atoms with Crippen LogP contribution < -0.4 is 75.7 Å². The van der Waals surface area contributed by atoms with Gasteiger partial charge in [0, 0.05) is 44.1 Å². The fraction of sp³-hybridized carbons (Fsp3) is 0.616. The van der Waals surface area contributed by atoms with Gasteiger partial charge in [-0.3, -0.25) is 76.9 Å². The Balaban J connectivity index is 1.36. The van der Waals surface area contributed by atoms with Crippen molar-refractivity contribution in [3.8, 4) is 11.1 Å². The average molecular weight is 1590 g/mol. The molecule has 4 aliphatic heterocycles. The Kier molecular flexibility index (Phi) is 36.1. The quantitative estimate of drug-likeness (QED) is 0.0244. The van der Waals surface area contributed by atoms with Crippen LogP contribution in [-0.4, -0.2) is 267 Å². The van der Waals surface area contributed by atoms with E-state index in [2.05, 4.69) is 88.7 Å². The Morgan fingerprint density at radius 1 is 0.505 bits per heavy atom. The number of benzene rings is 2. The number of aliphatic hydroxyl groups is 2. The van der Waals surface area contributed by atoms with Crippen molar-refractivity contribution in [2.24, 2.45) is 34.0 Å². The van der Waals surface area contributed by atoms with Crippen LogP contribution in [0, 0.1) is 11.8 Å². The smallest absolute Gasteiger partial charge is 0.305 e. The average Bonchev–Trinajstić information content (AvgIpc) is 1.83. The molecule has 0 aromatic heterocycles. The van der Waals surface area contributed by atoms with Gasteiger partial charge in [-0.1, -0.05) is 95.1 Å². The third kappa shape index (κ3) is 26.0. The molecule has 4 aliphatic rings. The molecule has 612 valence electrons. The predicted octanol–water partition coefficient (Wildman–Crippen LogP) is -4.17. The molecule has 36 nitrogen and oxygen atoms in total. The van der Waals surface area contributed by atoms with Crippen LogP contribution in [0.3, 0.4) is 0 Å². The van der Waals surface area contributed by atoms with Gasteiger partial charge in [0.15, 0.2) is 5.96 Å². The first-order valence-electron chi connectivity index (χ1n) is 37.7. The number of carbonyl (C=O) groups excluding carboxylic acids is 14. The summed E-state index contributed by atoms with van der Waals surface area (Å²) in [5, 5.41) is 59.4. The largest absolute Gasteiger partial charge is 0.481 e. The van der Waals surface area contributed by atoms with Crippen molar-refractivity contribution in [1.82, 2.24) is 73.2 Å². The van der Waals surface area contributed by atoms with Gasteiger partial charge in [-0.15, -0.1) is 0 Å². The van der Waals surface area contributed by atoms with Crippen molar-refractivity contribution in [3.63, 3.8) is 0 Å². The van der Waals surface area contributed by atoms with E-state index in [1.807, 2.05) is 42.5 Å². The number of aliphatic hydroxyl groups excluding tert-OH is 2. The zero-order valence-electron chi connectivity index (χ0n) is 63.3. The minimum absolute atomic E-state index is 0.000578. The number of amides is 14. The molecule has 0 bridgehead atoms. The number of thiol groups is 2. The summed E-state index contributed by atoms with van der Waals surface area (Å²) in [5.41, 5.74) is 19.1. The Morgan fingerprint density at radius 3 is 1.51 bits per heavy atom. The summed E-state index contributed by atoms with van der Waals surface area (Å²) in [6.07, 6.45) is -0.818. The highest BCUT2D eigenvalue weighted by Crippen LogP contribution is 2.29. The van der Waals surface area contributed by atoms with Crippen LogP contribution >= 0.6 is 25.3 Å². The lowest BCUT2D eigenvalue weighted by atomic mass is 9.96. The first-order chi connectivity index (χ1) is 52.9. The number of carbonyl (C=O) groups is 15. The summed E-state index contributed by atoms with van der Waals surface area (Å²) in [4.78, 5) is 222. The van der Waals surface area contributed by atoms with E-state index in [1.54, 1.807) is 39.8 Å². The topological polar surface area (TPSA) is 549 Å². The normalized spacial score (nSPS) is 27.0. The van der Waals surface area contributed by atoms with Crippen LogP contribution in [0.2, 0.25) is 0 Å². The van der Waals surface area contributed by atoms with Crippen LogP contribution in [0.25, 0.3) is 11.1 Å². The van der Waals surface area contributed by atoms with E-state index in [1.165, 1.54) is 14.7 Å². The molecule has 0 radical (unpaired) electrons. The third-order valence-electron chi connectivity index (χ3n) is 20.3. The number of nitrogens with two attached hydrogens (primary N) is 3. The van der Waals surface area contributed by atoms with Crippen molar-refractivity contribution in [1.29, 1.82) is 0 Å². The first kappa shape index (κ1) is 90.2. The van der Waals surface area contributed by atoms with Crippen LogP contribution in [0.4, 0.5) is 0 Å². The van der Waals surface area contributed by atoms with Gasteiger partial charge in [-0.05, 0) is 113 Å². The number of rotatable bonds is 21. The molecule has 4 heterocycles. The standard InChI is InChI=1S/C73H110N18O18S2/c1-6-39(3)57-68(105)85-50(37-110)64(101)82-48(33-42-24-26-44(27-25-42)43-17-9-8-10-18-43)70(107)89-30-14-21-52(89)66(103)81-47(34-56(95)96)60(97)78-35-55(94)79-45(20-13-29-77-73(75)76)61(98)84-51(38-111)65(102)88-59(41(5)93)69(106)80-46(19-11-12-28-74)62(99)83-49(36-92)63(100)87-58(40(4)7-2)72(109)91-32-16-23-54(91)71(108)90-31-15-22-53(90)67(104)86-57/h8-10,17-18,24-27,39-41,45-54,57-59,92-93,110-111H,6-7,11-16,19-23,28-38,74H2,1-5H3,(H,78,97)(H,79,94)(H,80,106)(H,81,103)(H,82,101)(H,83,99)(H,84,98)(H,85,105)(H,86,104)(H,87,100)(H,88,102)(H,95,96)(H4,75,76,77)/t39-,40-,41+,45-,46-,47-,48-,49-,50-,51-,52-,53-,54-,57-,58-,59-/m0/s1. The Bertz CT molecular complexity index is 3630. The summed E-state index contributed by atoms with van der Waals surface area (Å²) >= 11 is 8.68. The maximum atomic E-state index is 15.1. The molecule has 0 saturated carbocycles. The van der Waals surface area contributed by atoms with Crippen molar-refractivity contribution in [2.75, 3.05) is 57.4 Å². The maximum Gasteiger partial charge on any atom is 0.305 e. The highest BCUT2D eigenvalue weighted by Gasteiger charge is 2.47. The number of hydrogen-bond donors (Lipinski definition) is 19. The van der Waals surface area contributed by atoms with E-state index in [0.717, 1.165) is 18.1 Å². The summed E-state index contributed by atoms with van der Waals surface area (Å²) in [6.45, 7) is 6.25. The third-order valence-corrected chi connectivity index (χ3v) is 21.0. The van der Waals surface area contributed by atoms with Gasteiger partial charge in [-0.25, -0.2) is 0 Å². The Labute approximate surface area is 655 Å². The minimum Gasteiger partial charge on any atom is -0.481 e.